The van der Waals surface area contributed by atoms with Crippen LogP contribution in [0.25, 0.3) is 0 Å². The number of ether oxygens (including phenoxy) is 1. The largest absolute Gasteiger partial charge is 0.472 e. The summed E-state index contributed by atoms with van der Waals surface area (Å²) in [4.78, 5) is 19.2. The fourth-order valence-corrected chi connectivity index (χ4v) is 3.54. The van der Waals surface area contributed by atoms with Crippen LogP contribution in [0.1, 0.15) is 23.2 Å². The molecule has 0 radical (unpaired) electrons. The SMILES string of the molecule is CN(C)CCN1CCO[C@@H]2CCN(C(=O)c3ccoc3)CC[C@@H]21. The fraction of sp³-hybridized carbons (Fsp3) is 0.706. The van der Waals surface area contributed by atoms with Crippen molar-refractivity contribution >= 4 is 5.91 Å². The minimum atomic E-state index is 0.0669. The van der Waals surface area contributed by atoms with E-state index in [0.29, 0.717) is 11.6 Å². The molecule has 3 heterocycles. The van der Waals surface area contributed by atoms with Crippen molar-refractivity contribution in [3.63, 3.8) is 0 Å². The Balaban J connectivity index is 1.63. The van der Waals surface area contributed by atoms with Gasteiger partial charge in [0.1, 0.15) is 6.26 Å². The summed E-state index contributed by atoms with van der Waals surface area (Å²) in [5, 5.41) is 0. The number of nitrogens with zero attached hydrogens (tertiary/aromatic N) is 3. The maximum atomic E-state index is 12.5. The summed E-state index contributed by atoms with van der Waals surface area (Å²) >= 11 is 0. The van der Waals surface area contributed by atoms with Gasteiger partial charge in [-0.25, -0.2) is 0 Å². The zero-order chi connectivity index (χ0) is 16.2. The van der Waals surface area contributed by atoms with Gasteiger partial charge in [-0.1, -0.05) is 0 Å². The smallest absolute Gasteiger partial charge is 0.257 e. The normalized spacial score (nSPS) is 26.1. The van der Waals surface area contributed by atoms with Gasteiger partial charge in [0.25, 0.3) is 5.91 Å². The monoisotopic (exact) mass is 321 g/mol. The molecule has 0 saturated carbocycles. The van der Waals surface area contributed by atoms with Crippen LogP contribution in [0.4, 0.5) is 0 Å². The molecule has 1 aromatic rings. The van der Waals surface area contributed by atoms with Gasteiger partial charge in [0.15, 0.2) is 0 Å². The number of carbonyl (C=O) groups excluding carboxylic acids is 1. The van der Waals surface area contributed by atoms with Crippen LogP contribution in [0.5, 0.6) is 0 Å². The average molecular weight is 321 g/mol. The third-order valence-electron chi connectivity index (χ3n) is 4.88. The number of hydrogen-bond acceptors (Lipinski definition) is 5. The standard InChI is InChI=1S/C17H27N3O3/c1-18(2)8-9-19-10-12-23-16-4-7-20(6-3-15(16)19)17(21)14-5-11-22-13-14/h5,11,13,15-16H,3-4,6-10,12H2,1-2H3/t15-,16+/m0/s1. The van der Waals surface area contributed by atoms with Gasteiger partial charge in [0.2, 0.25) is 0 Å². The predicted molar refractivity (Wildman–Crippen MR) is 87.5 cm³/mol. The summed E-state index contributed by atoms with van der Waals surface area (Å²) < 4.78 is 11.0. The molecule has 0 N–H and O–H groups in total. The Hall–Kier alpha value is -1.37. The van der Waals surface area contributed by atoms with Crippen molar-refractivity contribution in [3.05, 3.63) is 24.2 Å². The first-order valence-corrected chi connectivity index (χ1v) is 8.47. The molecule has 1 amide bonds. The van der Waals surface area contributed by atoms with Crippen LogP contribution in [-0.4, -0.2) is 86.2 Å². The molecule has 23 heavy (non-hydrogen) atoms. The number of amides is 1. The van der Waals surface area contributed by atoms with E-state index < -0.39 is 0 Å². The van der Waals surface area contributed by atoms with Gasteiger partial charge in [0.05, 0.1) is 24.5 Å². The first kappa shape index (κ1) is 16.5. The van der Waals surface area contributed by atoms with E-state index >= 15 is 0 Å². The van der Waals surface area contributed by atoms with Crippen LogP contribution in [0.3, 0.4) is 0 Å². The summed E-state index contributed by atoms with van der Waals surface area (Å²) in [5.74, 6) is 0.0669. The number of fused-ring (bicyclic) bond motifs is 1. The molecule has 0 aliphatic carbocycles. The molecule has 0 aromatic carbocycles. The van der Waals surface area contributed by atoms with Crippen molar-refractivity contribution in [2.24, 2.45) is 0 Å². The highest BCUT2D eigenvalue weighted by atomic mass is 16.5. The highest BCUT2D eigenvalue weighted by Gasteiger charge is 2.35. The number of likely N-dealkylation sites (tertiary alicyclic amines) is 1. The Labute approximate surface area is 138 Å². The number of furan rings is 1. The van der Waals surface area contributed by atoms with Crippen molar-refractivity contribution < 1.29 is 13.9 Å². The molecule has 0 bridgehead atoms. The maximum absolute atomic E-state index is 12.5. The van der Waals surface area contributed by atoms with Gasteiger partial charge >= 0.3 is 0 Å². The van der Waals surface area contributed by atoms with E-state index in [0.717, 1.165) is 52.2 Å². The van der Waals surface area contributed by atoms with E-state index in [1.807, 2.05) is 4.90 Å². The van der Waals surface area contributed by atoms with Gasteiger partial charge < -0.3 is 19.0 Å². The number of carbonyl (C=O) groups is 1. The van der Waals surface area contributed by atoms with Crippen molar-refractivity contribution in [1.29, 1.82) is 0 Å². The first-order chi connectivity index (χ1) is 11.1. The first-order valence-electron chi connectivity index (χ1n) is 8.47. The van der Waals surface area contributed by atoms with Crippen molar-refractivity contribution in [2.75, 3.05) is 53.4 Å². The summed E-state index contributed by atoms with van der Waals surface area (Å²) in [5.41, 5.74) is 0.639. The molecule has 2 aliphatic heterocycles. The number of rotatable bonds is 4. The zero-order valence-electron chi connectivity index (χ0n) is 14.1. The lowest BCUT2D eigenvalue weighted by Gasteiger charge is -2.40. The Kier molecular flexibility index (Phi) is 5.35. The molecule has 0 unspecified atom stereocenters. The van der Waals surface area contributed by atoms with Gasteiger partial charge in [-0.3, -0.25) is 9.69 Å². The minimum absolute atomic E-state index is 0.0669. The van der Waals surface area contributed by atoms with Crippen molar-refractivity contribution in [3.8, 4) is 0 Å². The summed E-state index contributed by atoms with van der Waals surface area (Å²) in [6, 6.07) is 2.16. The van der Waals surface area contributed by atoms with E-state index in [2.05, 4.69) is 23.9 Å². The van der Waals surface area contributed by atoms with E-state index in [4.69, 9.17) is 9.15 Å². The van der Waals surface area contributed by atoms with Gasteiger partial charge in [-0.05, 0) is 33.0 Å². The summed E-state index contributed by atoms with van der Waals surface area (Å²) in [6.45, 7) is 5.45. The quantitative estimate of drug-likeness (QED) is 0.832. The Morgan fingerprint density at radius 3 is 2.87 bits per heavy atom. The molecule has 0 spiro atoms. The molecular weight excluding hydrogens is 294 g/mol. The van der Waals surface area contributed by atoms with E-state index in [-0.39, 0.29) is 12.0 Å². The van der Waals surface area contributed by atoms with Crippen LogP contribution in [-0.2, 0) is 4.74 Å². The van der Waals surface area contributed by atoms with Crippen LogP contribution < -0.4 is 0 Å². The second kappa shape index (κ2) is 7.47. The van der Waals surface area contributed by atoms with Crippen LogP contribution in [0.2, 0.25) is 0 Å². The number of hydrogen-bond donors (Lipinski definition) is 0. The highest BCUT2D eigenvalue weighted by molar-refractivity contribution is 5.93. The Morgan fingerprint density at radius 2 is 2.13 bits per heavy atom. The molecule has 2 aliphatic rings. The second-order valence-corrected chi connectivity index (χ2v) is 6.70. The lowest BCUT2D eigenvalue weighted by atomic mass is 10.0. The molecule has 6 nitrogen and oxygen atoms in total. The van der Waals surface area contributed by atoms with E-state index in [1.54, 1.807) is 12.3 Å². The third kappa shape index (κ3) is 3.94. The Morgan fingerprint density at radius 1 is 1.30 bits per heavy atom. The third-order valence-corrected chi connectivity index (χ3v) is 4.88. The molecule has 2 fully saturated rings. The predicted octanol–water partition coefficient (Wildman–Crippen LogP) is 1.15. The summed E-state index contributed by atoms with van der Waals surface area (Å²) in [7, 11) is 4.21. The lowest BCUT2D eigenvalue weighted by molar-refractivity contribution is -0.0724. The minimum Gasteiger partial charge on any atom is -0.472 e. The number of morpholine rings is 1. The van der Waals surface area contributed by atoms with Crippen LogP contribution in [0.15, 0.2) is 23.0 Å². The molecule has 2 saturated heterocycles. The zero-order valence-corrected chi connectivity index (χ0v) is 14.1. The summed E-state index contributed by atoms with van der Waals surface area (Å²) in [6.07, 6.45) is 5.21. The maximum Gasteiger partial charge on any atom is 0.257 e. The van der Waals surface area contributed by atoms with E-state index in [1.165, 1.54) is 6.26 Å². The fourth-order valence-electron chi connectivity index (χ4n) is 3.54. The molecule has 2 atom stereocenters. The number of likely N-dealkylation sites (N-methyl/N-ethyl adjacent to an activating group) is 1. The molecule has 1 aromatic heterocycles. The average Bonchev–Trinajstić information content (AvgIpc) is 2.99. The van der Waals surface area contributed by atoms with Gasteiger partial charge in [-0.15, -0.1) is 0 Å². The van der Waals surface area contributed by atoms with Crippen LogP contribution >= 0.6 is 0 Å². The van der Waals surface area contributed by atoms with Crippen LogP contribution in [0, 0.1) is 0 Å². The van der Waals surface area contributed by atoms with Gasteiger partial charge in [0, 0.05) is 38.8 Å². The molecule has 3 rings (SSSR count). The van der Waals surface area contributed by atoms with Crippen molar-refractivity contribution in [2.45, 2.75) is 25.0 Å². The highest BCUT2D eigenvalue weighted by Crippen LogP contribution is 2.24. The van der Waals surface area contributed by atoms with E-state index in [9.17, 15) is 4.79 Å². The molecule has 6 heteroatoms. The van der Waals surface area contributed by atoms with Gasteiger partial charge in [-0.2, -0.15) is 0 Å². The topological polar surface area (TPSA) is 49.2 Å². The van der Waals surface area contributed by atoms with Crippen molar-refractivity contribution in [1.82, 2.24) is 14.7 Å². The molecular formula is C17H27N3O3. The molecule has 128 valence electrons. The Bertz CT molecular complexity index is 503. The second-order valence-electron chi connectivity index (χ2n) is 6.70. The lowest BCUT2D eigenvalue weighted by Crippen LogP contribution is -2.52.